The van der Waals surface area contributed by atoms with E-state index in [9.17, 15) is 22.8 Å². The first-order valence-electron chi connectivity index (χ1n) is 7.93. The van der Waals surface area contributed by atoms with E-state index in [0.717, 1.165) is 29.9 Å². The van der Waals surface area contributed by atoms with Gasteiger partial charge in [-0.15, -0.1) is 0 Å². The number of carbonyl (C=O) groups is 2. The van der Waals surface area contributed by atoms with Crippen LogP contribution in [0.25, 0.3) is 0 Å². The summed E-state index contributed by atoms with van der Waals surface area (Å²) in [5.74, 6) is 0.481. The molecule has 1 heterocycles. The molecule has 1 saturated heterocycles. The second-order valence-electron chi connectivity index (χ2n) is 7.24. The molecule has 4 aliphatic rings. The molecule has 0 radical (unpaired) electrons. The predicted molar refractivity (Wildman–Crippen MR) is 74.1 cm³/mol. The Bertz CT molecular complexity index is 712. The molecule has 1 aromatic carbocycles. The highest BCUT2D eigenvalue weighted by molar-refractivity contribution is 6.22. The minimum absolute atomic E-state index is 0.0531. The van der Waals surface area contributed by atoms with Crippen molar-refractivity contribution in [3.63, 3.8) is 0 Å². The van der Waals surface area contributed by atoms with Gasteiger partial charge in [-0.25, -0.2) is 0 Å². The molecule has 3 saturated carbocycles. The van der Waals surface area contributed by atoms with E-state index in [1.165, 1.54) is 12.1 Å². The van der Waals surface area contributed by atoms with Crippen molar-refractivity contribution in [2.24, 2.45) is 35.5 Å². The van der Waals surface area contributed by atoms with E-state index in [4.69, 9.17) is 0 Å². The lowest BCUT2D eigenvalue weighted by Crippen LogP contribution is -2.33. The van der Waals surface area contributed by atoms with E-state index in [0.29, 0.717) is 11.8 Å². The van der Waals surface area contributed by atoms with Crippen LogP contribution in [0.5, 0.6) is 0 Å². The van der Waals surface area contributed by atoms with Crippen molar-refractivity contribution in [3.8, 4) is 0 Å². The van der Waals surface area contributed by atoms with E-state index in [-0.39, 0.29) is 41.2 Å². The molecule has 5 rings (SSSR count). The SMILES string of the molecule is O=C1[C@@H]2[C@@H]3C[C@@H]([C@H]4C[C@H]43)[C@@H]2C(=O)N1c1cccc(C(F)(F)F)c1. The first kappa shape index (κ1) is 13.6. The van der Waals surface area contributed by atoms with Crippen molar-refractivity contribution >= 4 is 17.5 Å². The largest absolute Gasteiger partial charge is 0.416 e. The molecule has 0 aromatic heterocycles. The number of benzene rings is 1. The highest BCUT2D eigenvalue weighted by Gasteiger charge is 2.72. The summed E-state index contributed by atoms with van der Waals surface area (Å²) in [6.45, 7) is 0. The van der Waals surface area contributed by atoms with Gasteiger partial charge in [0.2, 0.25) is 11.8 Å². The number of rotatable bonds is 1. The molecule has 0 N–H and O–H groups in total. The zero-order chi connectivity index (χ0) is 16.1. The van der Waals surface area contributed by atoms with Gasteiger partial charge in [0.15, 0.2) is 0 Å². The average Bonchev–Trinajstić information content (AvgIpc) is 3.01. The maximum Gasteiger partial charge on any atom is 0.416 e. The molecule has 3 aliphatic carbocycles. The molecule has 6 atom stereocenters. The highest BCUT2D eigenvalue weighted by Crippen LogP contribution is 2.71. The van der Waals surface area contributed by atoms with E-state index >= 15 is 0 Å². The first-order valence-corrected chi connectivity index (χ1v) is 7.93. The van der Waals surface area contributed by atoms with Crippen molar-refractivity contribution in [3.05, 3.63) is 29.8 Å². The Morgan fingerprint density at radius 1 is 0.913 bits per heavy atom. The molecular formula is C17H14F3NO2. The van der Waals surface area contributed by atoms with Crippen molar-refractivity contribution in [1.29, 1.82) is 0 Å². The Kier molecular flexibility index (Phi) is 2.34. The lowest BCUT2D eigenvalue weighted by Gasteiger charge is -2.19. The molecule has 23 heavy (non-hydrogen) atoms. The van der Waals surface area contributed by atoms with Gasteiger partial charge in [0.25, 0.3) is 0 Å². The van der Waals surface area contributed by atoms with E-state index in [2.05, 4.69) is 0 Å². The maximum atomic E-state index is 12.9. The predicted octanol–water partition coefficient (Wildman–Crippen LogP) is 3.10. The zero-order valence-corrected chi connectivity index (χ0v) is 12.1. The molecule has 1 aromatic rings. The fourth-order valence-electron chi connectivity index (χ4n) is 5.40. The number of nitrogens with zero attached hydrogens (tertiary/aromatic N) is 1. The molecule has 6 heteroatoms. The number of alkyl halides is 3. The van der Waals surface area contributed by atoms with Gasteiger partial charge in [-0.1, -0.05) is 6.07 Å². The van der Waals surface area contributed by atoms with Crippen LogP contribution in [0.4, 0.5) is 18.9 Å². The maximum absolute atomic E-state index is 12.9. The summed E-state index contributed by atoms with van der Waals surface area (Å²) in [4.78, 5) is 26.5. The van der Waals surface area contributed by atoms with Crippen LogP contribution >= 0.6 is 0 Å². The van der Waals surface area contributed by atoms with Gasteiger partial charge in [-0.3, -0.25) is 14.5 Å². The normalized spacial score (nSPS) is 40.6. The van der Waals surface area contributed by atoms with Crippen molar-refractivity contribution in [2.75, 3.05) is 4.90 Å². The molecule has 0 unspecified atom stereocenters. The Balaban J connectivity index is 1.53. The second-order valence-corrected chi connectivity index (χ2v) is 7.24. The van der Waals surface area contributed by atoms with E-state index in [1.807, 2.05) is 0 Å². The van der Waals surface area contributed by atoms with Crippen LogP contribution in [-0.4, -0.2) is 11.8 Å². The van der Waals surface area contributed by atoms with Crippen LogP contribution in [0.2, 0.25) is 0 Å². The van der Waals surface area contributed by atoms with Crippen LogP contribution in [0, 0.1) is 35.5 Å². The van der Waals surface area contributed by atoms with Gasteiger partial charge in [-0.05, 0) is 54.7 Å². The second kappa shape index (κ2) is 3.97. The standard InChI is InChI=1S/C17H14F3NO2/c18-17(19,20)7-2-1-3-8(4-7)21-15(22)13-11-6-12(10-5-9(10)11)14(13)16(21)23/h1-4,9-14H,5-6H2/t9-,10+,11-,12+,13-,14+. The van der Waals surface area contributed by atoms with Gasteiger partial charge >= 0.3 is 6.18 Å². The quantitative estimate of drug-likeness (QED) is 0.746. The van der Waals surface area contributed by atoms with Crippen molar-refractivity contribution in [2.45, 2.75) is 19.0 Å². The van der Waals surface area contributed by atoms with Gasteiger partial charge in [0, 0.05) is 0 Å². The number of halogens is 3. The molecular weight excluding hydrogens is 307 g/mol. The monoisotopic (exact) mass is 321 g/mol. The molecule has 4 fully saturated rings. The van der Waals surface area contributed by atoms with Crippen LogP contribution in [0.15, 0.2) is 24.3 Å². The number of anilines is 1. The Hall–Kier alpha value is -1.85. The van der Waals surface area contributed by atoms with Crippen molar-refractivity contribution in [1.82, 2.24) is 0 Å². The number of imide groups is 1. The number of fused-ring (bicyclic) bond motifs is 8. The van der Waals surface area contributed by atoms with E-state index in [1.54, 1.807) is 0 Å². The van der Waals surface area contributed by atoms with Gasteiger partial charge in [0.05, 0.1) is 23.1 Å². The smallest absolute Gasteiger partial charge is 0.274 e. The summed E-state index contributed by atoms with van der Waals surface area (Å²) in [7, 11) is 0. The molecule has 120 valence electrons. The molecule has 2 amide bonds. The third kappa shape index (κ3) is 1.61. The molecule has 2 bridgehead atoms. The summed E-state index contributed by atoms with van der Waals surface area (Å²) in [6.07, 6.45) is -2.43. The summed E-state index contributed by atoms with van der Waals surface area (Å²) in [5, 5.41) is 0. The first-order chi connectivity index (χ1) is 10.9. The average molecular weight is 321 g/mol. The lowest BCUT2D eigenvalue weighted by atomic mass is 9.81. The third-order valence-corrected chi connectivity index (χ3v) is 6.29. The van der Waals surface area contributed by atoms with Gasteiger partial charge in [0.1, 0.15) is 0 Å². The van der Waals surface area contributed by atoms with Crippen LogP contribution < -0.4 is 4.90 Å². The summed E-state index contributed by atoms with van der Waals surface area (Å²) in [6, 6.07) is 4.52. The third-order valence-electron chi connectivity index (χ3n) is 6.29. The number of amides is 2. The number of hydrogen-bond donors (Lipinski definition) is 0. The van der Waals surface area contributed by atoms with Crippen LogP contribution in [-0.2, 0) is 15.8 Å². The number of carbonyl (C=O) groups excluding carboxylic acids is 2. The van der Waals surface area contributed by atoms with Gasteiger partial charge < -0.3 is 0 Å². The Morgan fingerprint density at radius 2 is 1.48 bits per heavy atom. The van der Waals surface area contributed by atoms with Crippen molar-refractivity contribution < 1.29 is 22.8 Å². The molecule has 1 aliphatic heterocycles. The molecule has 0 spiro atoms. The highest BCUT2D eigenvalue weighted by atomic mass is 19.4. The lowest BCUT2D eigenvalue weighted by molar-refractivity contribution is -0.137. The Morgan fingerprint density at radius 3 is 2.04 bits per heavy atom. The van der Waals surface area contributed by atoms with Crippen LogP contribution in [0.3, 0.4) is 0 Å². The fraction of sp³-hybridized carbons (Fsp3) is 0.529. The summed E-state index contributed by atoms with van der Waals surface area (Å²) in [5.41, 5.74) is -0.782. The van der Waals surface area contributed by atoms with E-state index < -0.39 is 11.7 Å². The Labute approximate surface area is 130 Å². The van der Waals surface area contributed by atoms with Crippen LogP contribution in [0.1, 0.15) is 18.4 Å². The van der Waals surface area contributed by atoms with Gasteiger partial charge in [-0.2, -0.15) is 13.2 Å². The summed E-state index contributed by atoms with van der Waals surface area (Å²) < 4.78 is 38.6. The summed E-state index contributed by atoms with van der Waals surface area (Å²) >= 11 is 0. The zero-order valence-electron chi connectivity index (χ0n) is 12.1. The molecule has 3 nitrogen and oxygen atoms in total. The topological polar surface area (TPSA) is 37.4 Å². The minimum Gasteiger partial charge on any atom is -0.274 e. The number of hydrogen-bond acceptors (Lipinski definition) is 2. The fourth-order valence-corrected chi connectivity index (χ4v) is 5.40. The minimum atomic E-state index is -4.49.